The molecule has 0 bridgehead atoms. The van der Waals surface area contributed by atoms with Crippen LogP contribution in [0.5, 0.6) is 0 Å². The maximum absolute atomic E-state index is 13.2. The summed E-state index contributed by atoms with van der Waals surface area (Å²) >= 11 is 0. The molecule has 200 valence electrons. The first-order valence-corrected chi connectivity index (χ1v) is 14.5. The summed E-state index contributed by atoms with van der Waals surface area (Å²) < 4.78 is 34.7. The summed E-state index contributed by atoms with van der Waals surface area (Å²) in [5.41, 5.74) is 1.89. The van der Waals surface area contributed by atoms with Crippen LogP contribution in [0.1, 0.15) is 48.0 Å². The van der Waals surface area contributed by atoms with Crippen molar-refractivity contribution in [3.8, 4) is 0 Å². The van der Waals surface area contributed by atoms with Crippen molar-refractivity contribution in [2.24, 2.45) is 0 Å². The van der Waals surface area contributed by atoms with Gasteiger partial charge in [-0.2, -0.15) is 0 Å². The van der Waals surface area contributed by atoms with E-state index >= 15 is 0 Å². The normalized spacial score (nSPS) is 16.9. The van der Waals surface area contributed by atoms with Crippen LogP contribution in [0.2, 0.25) is 0 Å². The Hall–Kier alpha value is -3.66. The molecule has 2 aromatic carbocycles. The number of aromatic nitrogens is 1. The maximum Gasteiger partial charge on any atom is 0.410 e. The van der Waals surface area contributed by atoms with Crippen LogP contribution >= 0.6 is 0 Å². The zero-order chi connectivity index (χ0) is 26.7. The summed E-state index contributed by atoms with van der Waals surface area (Å²) in [5, 5.41) is 0.732. The number of hydrogen-bond donors (Lipinski definition) is 1. The van der Waals surface area contributed by atoms with E-state index in [4.69, 9.17) is 4.74 Å². The Morgan fingerprint density at radius 3 is 2.39 bits per heavy atom. The highest BCUT2D eigenvalue weighted by atomic mass is 32.2. The molecule has 1 saturated carbocycles. The number of sulfonamides is 1. The van der Waals surface area contributed by atoms with Crippen molar-refractivity contribution in [2.75, 3.05) is 30.9 Å². The first-order valence-electron chi connectivity index (χ1n) is 13.0. The van der Waals surface area contributed by atoms with E-state index in [1.165, 1.54) is 12.5 Å². The second kappa shape index (κ2) is 11.0. The number of hydrogen-bond acceptors (Lipinski definition) is 6. The standard InChI is InChI=1S/C28H32N4O5S/c1-20-19-22(27(33)31-15-17-32(18-16-31)28(34)37-23-9-3-2-4-10-23)12-13-24(20)30-38(35,36)25-11-5-7-21-8-6-14-29-26(21)25/h5-8,11-14,19,23,30H,2-4,9-10,15-18H2,1H3. The zero-order valence-electron chi connectivity index (χ0n) is 21.4. The SMILES string of the molecule is Cc1cc(C(=O)N2CCN(C(=O)OC3CCCCC3)CC2)ccc1NS(=O)(=O)c1cccc2cccnc12. The van der Waals surface area contributed by atoms with Gasteiger partial charge in [-0.15, -0.1) is 0 Å². The Labute approximate surface area is 222 Å². The molecule has 9 nitrogen and oxygen atoms in total. The van der Waals surface area contributed by atoms with Gasteiger partial charge in [0.05, 0.1) is 11.2 Å². The molecule has 1 aromatic heterocycles. The average Bonchev–Trinajstić information content (AvgIpc) is 2.94. The van der Waals surface area contributed by atoms with Gasteiger partial charge in [0.1, 0.15) is 11.0 Å². The summed E-state index contributed by atoms with van der Waals surface area (Å²) in [7, 11) is -3.90. The number of para-hydroxylation sites is 1. The Balaban J connectivity index is 1.22. The third kappa shape index (κ3) is 5.60. The van der Waals surface area contributed by atoms with Gasteiger partial charge >= 0.3 is 6.09 Å². The Morgan fingerprint density at radius 2 is 1.66 bits per heavy atom. The highest BCUT2D eigenvalue weighted by molar-refractivity contribution is 7.93. The molecule has 2 aliphatic rings. The van der Waals surface area contributed by atoms with E-state index in [2.05, 4.69) is 9.71 Å². The minimum absolute atomic E-state index is 0.00620. The maximum atomic E-state index is 13.2. The lowest BCUT2D eigenvalue weighted by Crippen LogP contribution is -2.51. The molecule has 5 rings (SSSR count). The highest BCUT2D eigenvalue weighted by Crippen LogP contribution is 2.26. The number of carbonyl (C=O) groups is 2. The molecule has 38 heavy (non-hydrogen) atoms. The lowest BCUT2D eigenvalue weighted by molar-refractivity contribution is 0.0306. The number of amides is 2. The van der Waals surface area contributed by atoms with Crippen molar-refractivity contribution in [3.63, 3.8) is 0 Å². The summed E-state index contributed by atoms with van der Waals surface area (Å²) in [6.45, 7) is 3.44. The van der Waals surface area contributed by atoms with Crippen LogP contribution in [0.3, 0.4) is 0 Å². The van der Waals surface area contributed by atoms with Crippen LogP contribution in [-0.2, 0) is 14.8 Å². The van der Waals surface area contributed by atoms with Crippen molar-refractivity contribution >= 4 is 38.6 Å². The molecule has 0 spiro atoms. The fourth-order valence-corrected chi connectivity index (χ4v) is 6.39. The Bertz CT molecular complexity index is 1440. The predicted molar refractivity (Wildman–Crippen MR) is 145 cm³/mol. The van der Waals surface area contributed by atoms with Crippen molar-refractivity contribution in [3.05, 3.63) is 65.9 Å². The van der Waals surface area contributed by atoms with E-state index in [-0.39, 0.29) is 23.0 Å². The van der Waals surface area contributed by atoms with Gasteiger partial charge in [-0.3, -0.25) is 14.5 Å². The van der Waals surface area contributed by atoms with E-state index in [0.717, 1.165) is 31.1 Å². The molecule has 1 aliphatic carbocycles. The lowest BCUT2D eigenvalue weighted by Gasteiger charge is -2.35. The Morgan fingerprint density at radius 1 is 0.947 bits per heavy atom. The van der Waals surface area contributed by atoms with Gasteiger partial charge in [0.15, 0.2) is 0 Å². The molecule has 1 saturated heterocycles. The molecule has 2 fully saturated rings. The molecule has 0 radical (unpaired) electrons. The lowest BCUT2D eigenvalue weighted by atomic mass is 9.98. The van der Waals surface area contributed by atoms with Gasteiger partial charge in [-0.25, -0.2) is 13.2 Å². The largest absolute Gasteiger partial charge is 0.446 e. The fourth-order valence-electron chi connectivity index (χ4n) is 5.08. The van der Waals surface area contributed by atoms with Crippen molar-refractivity contribution in [2.45, 2.75) is 50.0 Å². The Kier molecular flexibility index (Phi) is 7.51. The number of nitrogens with zero attached hydrogens (tertiary/aromatic N) is 3. The monoisotopic (exact) mass is 536 g/mol. The first kappa shape index (κ1) is 26.0. The number of ether oxygens (including phenoxy) is 1. The second-order valence-corrected chi connectivity index (χ2v) is 11.5. The van der Waals surface area contributed by atoms with Gasteiger partial charge < -0.3 is 14.5 Å². The third-order valence-electron chi connectivity index (χ3n) is 7.25. The minimum atomic E-state index is -3.90. The average molecular weight is 537 g/mol. The second-order valence-electron chi connectivity index (χ2n) is 9.89. The van der Waals surface area contributed by atoms with Crippen LogP contribution < -0.4 is 4.72 Å². The number of nitrogens with one attached hydrogen (secondary N) is 1. The summed E-state index contributed by atoms with van der Waals surface area (Å²) in [5.74, 6) is -0.152. The number of rotatable bonds is 5. The minimum Gasteiger partial charge on any atom is -0.446 e. The first-order chi connectivity index (χ1) is 18.3. The van der Waals surface area contributed by atoms with Crippen LogP contribution in [0.25, 0.3) is 10.9 Å². The topological polar surface area (TPSA) is 109 Å². The van der Waals surface area contributed by atoms with E-state index in [1.54, 1.807) is 53.3 Å². The number of aryl methyl sites for hydroxylation is 1. The van der Waals surface area contributed by atoms with Crippen molar-refractivity contribution in [1.82, 2.24) is 14.8 Å². The fraction of sp³-hybridized carbons (Fsp3) is 0.393. The summed E-state index contributed by atoms with van der Waals surface area (Å²) in [4.78, 5) is 33.4. The van der Waals surface area contributed by atoms with Crippen LogP contribution in [0.4, 0.5) is 10.5 Å². The zero-order valence-corrected chi connectivity index (χ0v) is 22.2. The number of benzene rings is 2. The molecule has 3 aromatic rings. The van der Waals surface area contributed by atoms with Gasteiger partial charge in [-0.05, 0) is 68.5 Å². The molecule has 1 N–H and O–H groups in total. The molecule has 10 heteroatoms. The number of pyridine rings is 1. The number of carbonyl (C=O) groups excluding carboxylic acids is 2. The van der Waals surface area contributed by atoms with Gasteiger partial charge in [0.25, 0.3) is 15.9 Å². The van der Waals surface area contributed by atoms with Gasteiger partial charge in [-0.1, -0.05) is 24.6 Å². The molecular weight excluding hydrogens is 504 g/mol. The van der Waals surface area contributed by atoms with E-state index in [1.807, 2.05) is 12.1 Å². The smallest absolute Gasteiger partial charge is 0.410 e. The number of anilines is 1. The molecule has 1 aliphatic heterocycles. The summed E-state index contributed by atoms with van der Waals surface area (Å²) in [6, 6.07) is 13.5. The molecule has 0 atom stereocenters. The van der Waals surface area contributed by atoms with Crippen LogP contribution in [0.15, 0.2) is 59.6 Å². The van der Waals surface area contributed by atoms with Crippen LogP contribution in [0, 0.1) is 6.92 Å². The molecular formula is C28H32N4O5S. The molecule has 2 amide bonds. The van der Waals surface area contributed by atoms with Crippen molar-refractivity contribution in [1.29, 1.82) is 0 Å². The molecule has 0 unspecified atom stereocenters. The van der Waals surface area contributed by atoms with E-state index < -0.39 is 10.0 Å². The quantitative estimate of drug-likeness (QED) is 0.512. The van der Waals surface area contributed by atoms with Gasteiger partial charge in [0.2, 0.25) is 0 Å². The van der Waals surface area contributed by atoms with Crippen molar-refractivity contribution < 1.29 is 22.7 Å². The number of piperazine rings is 1. The van der Waals surface area contributed by atoms with Crippen LogP contribution in [-0.4, -0.2) is 67.5 Å². The highest BCUT2D eigenvalue weighted by Gasteiger charge is 2.28. The van der Waals surface area contributed by atoms with E-state index in [0.29, 0.717) is 48.5 Å². The molecule has 2 heterocycles. The third-order valence-corrected chi connectivity index (χ3v) is 8.64. The predicted octanol–water partition coefficient (Wildman–Crippen LogP) is 4.57. The number of fused-ring (bicyclic) bond motifs is 1. The summed E-state index contributed by atoms with van der Waals surface area (Å²) in [6.07, 6.45) is 6.52. The van der Waals surface area contributed by atoms with E-state index in [9.17, 15) is 18.0 Å². The van der Waals surface area contributed by atoms with Gasteiger partial charge in [0, 0.05) is 43.3 Å².